The van der Waals surface area contributed by atoms with E-state index in [4.69, 9.17) is 11.6 Å². The molecule has 0 atom stereocenters. The average molecular weight is 285 g/mol. The standard InChI is InChI=1S/C16H26ClP/c1-13-9-8-10-14(11-13)18(12-17,15(2,3)4)16(5,6)7/h8-12H,1-7H3. The van der Waals surface area contributed by atoms with E-state index >= 15 is 0 Å². The van der Waals surface area contributed by atoms with Crippen molar-refractivity contribution in [3.63, 3.8) is 0 Å². The van der Waals surface area contributed by atoms with Gasteiger partial charge in [0, 0.05) is 0 Å². The van der Waals surface area contributed by atoms with Crippen molar-refractivity contribution in [3.05, 3.63) is 35.5 Å². The minimum absolute atomic E-state index is 0.167. The third-order valence-electron chi connectivity index (χ3n) is 3.67. The van der Waals surface area contributed by atoms with Crippen LogP contribution in [0.2, 0.25) is 0 Å². The smallest absolute Gasteiger partial charge is 0.0672 e. The maximum Gasteiger partial charge on any atom is 0.0672 e. The zero-order valence-electron chi connectivity index (χ0n) is 12.7. The van der Waals surface area contributed by atoms with Gasteiger partial charge in [-0.15, -0.1) is 0 Å². The molecule has 0 saturated heterocycles. The van der Waals surface area contributed by atoms with E-state index in [1.807, 2.05) is 5.62 Å². The largest absolute Gasteiger partial charge is 0.304 e. The van der Waals surface area contributed by atoms with Crippen LogP contribution in [0.3, 0.4) is 0 Å². The third-order valence-corrected chi connectivity index (χ3v) is 10.2. The molecule has 18 heavy (non-hydrogen) atoms. The summed E-state index contributed by atoms with van der Waals surface area (Å²) in [6, 6.07) is 8.86. The van der Waals surface area contributed by atoms with Crippen LogP contribution < -0.4 is 5.30 Å². The number of aryl methyl sites for hydroxylation is 1. The summed E-state index contributed by atoms with van der Waals surface area (Å²) in [5, 5.41) is 1.75. The van der Waals surface area contributed by atoms with Crippen LogP contribution in [-0.4, -0.2) is 10.3 Å². The topological polar surface area (TPSA) is 0 Å². The molecular formula is C16H26ClP. The Morgan fingerprint density at radius 2 is 1.50 bits per heavy atom. The lowest BCUT2D eigenvalue weighted by atomic mass is 10.2. The van der Waals surface area contributed by atoms with Gasteiger partial charge in [-0.1, -0.05) is 25.0 Å². The predicted molar refractivity (Wildman–Crippen MR) is 87.4 cm³/mol. The number of halogens is 1. The molecule has 0 N–H and O–H groups in total. The molecule has 0 aliphatic rings. The van der Waals surface area contributed by atoms with E-state index in [2.05, 4.69) is 72.7 Å². The zero-order valence-corrected chi connectivity index (χ0v) is 14.4. The van der Waals surface area contributed by atoms with E-state index in [0.717, 1.165) is 0 Å². The molecule has 1 aromatic rings. The number of hydrogen-bond acceptors (Lipinski definition) is 0. The molecule has 0 unspecified atom stereocenters. The second kappa shape index (κ2) is 5.14. The highest BCUT2D eigenvalue weighted by atomic mass is 35.5. The molecule has 0 heterocycles. The lowest BCUT2D eigenvalue weighted by molar-refractivity contribution is 0.701. The summed E-state index contributed by atoms with van der Waals surface area (Å²) < 4.78 is 0. The Morgan fingerprint density at radius 1 is 1.00 bits per heavy atom. The molecule has 0 aliphatic carbocycles. The molecular weight excluding hydrogens is 259 g/mol. The predicted octanol–water partition coefficient (Wildman–Crippen LogP) is 5.59. The lowest BCUT2D eigenvalue weighted by Gasteiger charge is -2.52. The molecule has 0 spiro atoms. The Labute approximate surface area is 118 Å². The monoisotopic (exact) mass is 284 g/mol. The van der Waals surface area contributed by atoms with E-state index in [-0.39, 0.29) is 10.3 Å². The van der Waals surface area contributed by atoms with E-state index in [1.54, 1.807) is 0 Å². The minimum Gasteiger partial charge on any atom is -0.304 e. The summed E-state index contributed by atoms with van der Waals surface area (Å²) >= 11 is 6.40. The fourth-order valence-electron chi connectivity index (χ4n) is 2.98. The Bertz CT molecular complexity index is 396. The van der Waals surface area contributed by atoms with Crippen LogP contribution in [0.4, 0.5) is 0 Å². The SMILES string of the molecule is Cc1cccc([P+]([CH-]Cl)(C(C)(C)C)C(C)(C)C)c1. The summed E-state index contributed by atoms with van der Waals surface area (Å²) in [5.74, 6) is 0. The maximum atomic E-state index is 6.40. The van der Waals surface area contributed by atoms with Crippen molar-refractivity contribution in [2.75, 3.05) is 0 Å². The van der Waals surface area contributed by atoms with Crippen molar-refractivity contribution >= 4 is 24.2 Å². The van der Waals surface area contributed by atoms with Gasteiger partial charge in [-0.25, -0.2) is 0 Å². The molecule has 1 aromatic carbocycles. The fourth-order valence-corrected chi connectivity index (χ4v) is 10.1. The Kier molecular flexibility index (Phi) is 4.57. The van der Waals surface area contributed by atoms with Crippen LogP contribution in [0.15, 0.2) is 24.3 Å². The van der Waals surface area contributed by atoms with E-state index < -0.39 is 7.26 Å². The average Bonchev–Trinajstić information content (AvgIpc) is 2.14. The van der Waals surface area contributed by atoms with Gasteiger partial charge in [0.2, 0.25) is 0 Å². The third kappa shape index (κ3) is 2.61. The summed E-state index contributed by atoms with van der Waals surface area (Å²) in [4.78, 5) is 0. The Morgan fingerprint density at radius 3 is 1.83 bits per heavy atom. The second-order valence-corrected chi connectivity index (χ2v) is 12.4. The lowest BCUT2D eigenvalue weighted by Crippen LogP contribution is -2.39. The highest BCUT2D eigenvalue weighted by Gasteiger charge is 2.52. The van der Waals surface area contributed by atoms with Gasteiger partial charge in [-0.3, -0.25) is 0 Å². The maximum absolute atomic E-state index is 6.40. The first-order valence-electron chi connectivity index (χ1n) is 6.47. The molecule has 0 saturated carbocycles. The number of rotatable bonds is 2. The normalized spacial score (nSPS) is 13.8. The molecule has 0 fully saturated rings. The molecule has 0 bridgehead atoms. The first kappa shape index (κ1) is 16.0. The van der Waals surface area contributed by atoms with Crippen LogP contribution in [0, 0.1) is 12.5 Å². The number of hydrogen-bond donors (Lipinski definition) is 0. The molecule has 1 rings (SSSR count). The molecule has 0 aromatic heterocycles. The van der Waals surface area contributed by atoms with E-state index in [0.29, 0.717) is 0 Å². The van der Waals surface area contributed by atoms with Crippen LogP contribution in [-0.2, 0) is 0 Å². The summed E-state index contributed by atoms with van der Waals surface area (Å²) in [7, 11) is -1.58. The Hall–Kier alpha value is -0.0600. The van der Waals surface area contributed by atoms with E-state index in [9.17, 15) is 0 Å². The number of benzene rings is 1. The van der Waals surface area contributed by atoms with Gasteiger partial charge < -0.3 is 11.6 Å². The van der Waals surface area contributed by atoms with Gasteiger partial charge in [0.25, 0.3) is 0 Å². The van der Waals surface area contributed by atoms with E-state index in [1.165, 1.54) is 10.9 Å². The van der Waals surface area contributed by atoms with Crippen LogP contribution in [0.5, 0.6) is 0 Å². The van der Waals surface area contributed by atoms with Gasteiger partial charge in [-0.2, -0.15) is 0 Å². The molecule has 2 heteroatoms. The first-order chi connectivity index (χ1) is 8.06. The van der Waals surface area contributed by atoms with Gasteiger partial charge in [0.1, 0.15) is 0 Å². The minimum atomic E-state index is -1.58. The van der Waals surface area contributed by atoms with Crippen LogP contribution in [0.25, 0.3) is 0 Å². The quantitative estimate of drug-likeness (QED) is 0.490. The molecule has 0 nitrogen and oxygen atoms in total. The van der Waals surface area contributed by atoms with Crippen molar-refractivity contribution in [1.29, 1.82) is 0 Å². The van der Waals surface area contributed by atoms with Gasteiger partial charge in [-0.05, 0) is 66.2 Å². The van der Waals surface area contributed by atoms with Crippen LogP contribution >= 0.6 is 18.9 Å². The van der Waals surface area contributed by atoms with Crippen molar-refractivity contribution < 1.29 is 0 Å². The highest BCUT2D eigenvalue weighted by Crippen LogP contribution is 2.78. The molecule has 102 valence electrons. The van der Waals surface area contributed by atoms with Gasteiger partial charge in [0.05, 0.1) is 15.6 Å². The van der Waals surface area contributed by atoms with Crippen molar-refractivity contribution in [1.82, 2.24) is 0 Å². The van der Waals surface area contributed by atoms with Crippen molar-refractivity contribution in [2.45, 2.75) is 58.8 Å². The molecule has 0 amide bonds. The molecule has 0 aliphatic heterocycles. The zero-order chi connectivity index (χ0) is 14.2. The van der Waals surface area contributed by atoms with Crippen molar-refractivity contribution in [3.8, 4) is 0 Å². The Balaban J connectivity index is 3.56. The summed E-state index contributed by atoms with van der Waals surface area (Å²) in [6.45, 7) is 16.0. The van der Waals surface area contributed by atoms with Gasteiger partial charge >= 0.3 is 0 Å². The summed E-state index contributed by atoms with van der Waals surface area (Å²) in [6.07, 6.45) is 0. The first-order valence-corrected chi connectivity index (χ1v) is 8.76. The fraction of sp³-hybridized carbons (Fsp3) is 0.562. The molecule has 0 radical (unpaired) electrons. The van der Waals surface area contributed by atoms with Crippen LogP contribution in [0.1, 0.15) is 47.1 Å². The van der Waals surface area contributed by atoms with Gasteiger partial charge in [0.15, 0.2) is 0 Å². The van der Waals surface area contributed by atoms with Crippen molar-refractivity contribution in [2.24, 2.45) is 0 Å². The highest BCUT2D eigenvalue weighted by molar-refractivity contribution is 7.88. The summed E-state index contributed by atoms with van der Waals surface area (Å²) in [5.41, 5.74) is 3.30. The second-order valence-electron chi connectivity index (χ2n) is 7.00.